The molecule has 3 aromatic rings. The molecule has 0 N–H and O–H groups in total. The van der Waals surface area contributed by atoms with E-state index < -0.39 is 0 Å². The molecule has 1 aromatic carbocycles. The van der Waals surface area contributed by atoms with Crippen LogP contribution in [0.4, 0.5) is 0 Å². The molecule has 0 unspecified atom stereocenters. The summed E-state index contributed by atoms with van der Waals surface area (Å²) in [6, 6.07) is 12.8. The molecule has 4 rings (SSSR count). The van der Waals surface area contributed by atoms with E-state index in [1.165, 1.54) is 21.2 Å². The Morgan fingerprint density at radius 3 is 2.50 bits per heavy atom. The van der Waals surface area contributed by atoms with Gasteiger partial charge in [-0.2, -0.15) is 5.10 Å². The van der Waals surface area contributed by atoms with Gasteiger partial charge in [-0.15, -0.1) is 22.7 Å². The smallest absolute Gasteiger partial charge is 0.264 e. The molecule has 0 bridgehead atoms. The number of hydrazone groups is 1. The van der Waals surface area contributed by atoms with Crippen molar-refractivity contribution in [3.63, 3.8) is 0 Å². The zero-order chi connectivity index (χ0) is 22.7. The molecule has 7 nitrogen and oxygen atoms in total. The van der Waals surface area contributed by atoms with E-state index in [1.54, 1.807) is 38.7 Å². The van der Waals surface area contributed by atoms with Crippen molar-refractivity contribution < 1.29 is 19.1 Å². The molecule has 32 heavy (non-hydrogen) atoms. The first-order valence-electron chi connectivity index (χ1n) is 9.96. The van der Waals surface area contributed by atoms with Gasteiger partial charge in [0, 0.05) is 13.5 Å². The minimum Gasteiger partial charge on any atom is -0.493 e. The van der Waals surface area contributed by atoms with Crippen LogP contribution in [0.1, 0.15) is 32.6 Å². The number of likely N-dealkylation sites (N-methyl/N-ethyl adjacent to an activating group) is 1. The molecule has 9 heteroatoms. The molecular weight excluding hydrogens is 446 g/mol. The van der Waals surface area contributed by atoms with Crippen LogP contribution in [-0.4, -0.2) is 55.2 Å². The van der Waals surface area contributed by atoms with Gasteiger partial charge >= 0.3 is 0 Å². The second kappa shape index (κ2) is 9.54. The predicted octanol–water partition coefficient (Wildman–Crippen LogP) is 4.28. The van der Waals surface area contributed by atoms with E-state index in [-0.39, 0.29) is 24.4 Å². The topological polar surface area (TPSA) is 71.4 Å². The summed E-state index contributed by atoms with van der Waals surface area (Å²) in [5.74, 6) is 0.779. The van der Waals surface area contributed by atoms with Gasteiger partial charge in [-0.05, 0) is 40.6 Å². The monoisotopic (exact) mass is 469 g/mol. The Morgan fingerprint density at radius 1 is 1.09 bits per heavy atom. The van der Waals surface area contributed by atoms with Crippen molar-refractivity contribution in [2.24, 2.45) is 5.10 Å². The molecule has 1 atom stereocenters. The fourth-order valence-corrected chi connectivity index (χ4v) is 5.03. The van der Waals surface area contributed by atoms with Crippen molar-refractivity contribution in [1.29, 1.82) is 0 Å². The number of benzene rings is 1. The van der Waals surface area contributed by atoms with E-state index >= 15 is 0 Å². The van der Waals surface area contributed by atoms with Crippen LogP contribution < -0.4 is 9.47 Å². The lowest BCUT2D eigenvalue weighted by Crippen LogP contribution is -2.39. The lowest BCUT2D eigenvalue weighted by Gasteiger charge is -2.25. The first kappa shape index (κ1) is 22.0. The number of thiophene rings is 2. The molecule has 2 amide bonds. The second-order valence-corrected chi connectivity index (χ2v) is 9.13. The minimum atomic E-state index is -0.301. The average molecular weight is 470 g/mol. The zero-order valence-electron chi connectivity index (χ0n) is 18.0. The summed E-state index contributed by atoms with van der Waals surface area (Å²) in [4.78, 5) is 28.9. The zero-order valence-corrected chi connectivity index (χ0v) is 19.6. The summed E-state index contributed by atoms with van der Waals surface area (Å²) < 4.78 is 10.8. The van der Waals surface area contributed by atoms with Crippen LogP contribution in [0.5, 0.6) is 11.5 Å². The van der Waals surface area contributed by atoms with Gasteiger partial charge in [-0.25, -0.2) is 5.01 Å². The van der Waals surface area contributed by atoms with Crippen LogP contribution in [0.15, 0.2) is 58.3 Å². The molecule has 166 valence electrons. The van der Waals surface area contributed by atoms with Crippen LogP contribution in [0.2, 0.25) is 0 Å². The molecule has 2 aromatic heterocycles. The Bertz CT molecular complexity index is 1130. The number of carbonyl (C=O) groups excluding carboxylic acids is 2. The third-order valence-corrected chi connectivity index (χ3v) is 6.99. The first-order valence-corrected chi connectivity index (χ1v) is 11.7. The van der Waals surface area contributed by atoms with Gasteiger partial charge in [0.1, 0.15) is 6.54 Å². The molecule has 0 aliphatic carbocycles. The van der Waals surface area contributed by atoms with Gasteiger partial charge in [0.25, 0.3) is 11.8 Å². The van der Waals surface area contributed by atoms with Crippen molar-refractivity contribution in [2.45, 2.75) is 12.5 Å². The van der Waals surface area contributed by atoms with Crippen molar-refractivity contribution in [3.05, 3.63) is 68.5 Å². The second-order valence-electron chi connectivity index (χ2n) is 7.24. The number of nitrogens with zero attached hydrogens (tertiary/aromatic N) is 3. The van der Waals surface area contributed by atoms with Crippen molar-refractivity contribution in [1.82, 2.24) is 9.91 Å². The van der Waals surface area contributed by atoms with Gasteiger partial charge in [-0.3, -0.25) is 9.59 Å². The van der Waals surface area contributed by atoms with E-state index in [4.69, 9.17) is 9.47 Å². The third kappa shape index (κ3) is 4.39. The molecular formula is C23H23N3O4S2. The summed E-state index contributed by atoms with van der Waals surface area (Å²) >= 11 is 2.94. The SMILES string of the molecule is COc1ccc([C@H]2CC(c3cccs3)=NN2C(=O)CN(C)C(=O)c2cccs2)cc1OC. The Balaban J connectivity index is 1.61. The van der Waals surface area contributed by atoms with Gasteiger partial charge in [0.05, 0.1) is 35.7 Å². The summed E-state index contributed by atoms with van der Waals surface area (Å²) in [7, 11) is 4.80. The normalized spacial score (nSPS) is 15.4. The van der Waals surface area contributed by atoms with Crippen LogP contribution in [-0.2, 0) is 4.79 Å². The maximum atomic E-state index is 13.3. The molecule has 0 radical (unpaired) electrons. The number of hydrogen-bond acceptors (Lipinski definition) is 7. The fourth-order valence-electron chi connectivity index (χ4n) is 3.59. The Morgan fingerprint density at radius 2 is 1.84 bits per heavy atom. The molecule has 0 saturated heterocycles. The number of methoxy groups -OCH3 is 2. The quantitative estimate of drug-likeness (QED) is 0.518. The minimum absolute atomic E-state index is 0.0677. The van der Waals surface area contributed by atoms with E-state index in [0.29, 0.717) is 22.8 Å². The number of amides is 2. The van der Waals surface area contributed by atoms with E-state index in [2.05, 4.69) is 5.10 Å². The third-order valence-electron chi connectivity index (χ3n) is 5.21. The van der Waals surface area contributed by atoms with Crippen molar-refractivity contribution in [3.8, 4) is 11.5 Å². The van der Waals surface area contributed by atoms with Gasteiger partial charge in [0.2, 0.25) is 0 Å². The highest BCUT2D eigenvalue weighted by atomic mass is 32.1. The summed E-state index contributed by atoms with van der Waals surface area (Å²) in [5.41, 5.74) is 1.74. The molecule has 0 spiro atoms. The Labute approximate surface area is 194 Å². The van der Waals surface area contributed by atoms with Gasteiger partial charge < -0.3 is 14.4 Å². The lowest BCUT2D eigenvalue weighted by molar-refractivity contribution is -0.133. The van der Waals surface area contributed by atoms with Crippen LogP contribution in [0.25, 0.3) is 0 Å². The summed E-state index contributed by atoms with van der Waals surface area (Å²) in [6.07, 6.45) is 0.574. The van der Waals surface area contributed by atoms with E-state index in [1.807, 2.05) is 47.2 Å². The number of carbonyl (C=O) groups is 2. The van der Waals surface area contributed by atoms with Gasteiger partial charge in [0.15, 0.2) is 11.5 Å². The molecule has 3 heterocycles. The van der Waals surface area contributed by atoms with Crippen LogP contribution in [0.3, 0.4) is 0 Å². The van der Waals surface area contributed by atoms with E-state index in [9.17, 15) is 9.59 Å². The predicted molar refractivity (Wildman–Crippen MR) is 126 cm³/mol. The number of hydrogen-bond donors (Lipinski definition) is 0. The number of rotatable bonds is 7. The van der Waals surface area contributed by atoms with Gasteiger partial charge in [-0.1, -0.05) is 18.2 Å². The average Bonchev–Trinajstić information content (AvgIpc) is 3.58. The van der Waals surface area contributed by atoms with Crippen LogP contribution in [0, 0.1) is 0 Å². The number of ether oxygens (including phenoxy) is 2. The van der Waals surface area contributed by atoms with Crippen LogP contribution >= 0.6 is 22.7 Å². The molecule has 1 aliphatic rings. The summed E-state index contributed by atoms with van der Waals surface area (Å²) in [6.45, 7) is -0.0677. The molecule has 1 aliphatic heterocycles. The highest BCUT2D eigenvalue weighted by molar-refractivity contribution is 7.12. The highest BCUT2D eigenvalue weighted by Gasteiger charge is 2.34. The maximum absolute atomic E-state index is 13.3. The fraction of sp³-hybridized carbons (Fsp3) is 0.261. The lowest BCUT2D eigenvalue weighted by atomic mass is 10.0. The first-order chi connectivity index (χ1) is 15.5. The Kier molecular flexibility index (Phi) is 6.57. The highest BCUT2D eigenvalue weighted by Crippen LogP contribution is 2.38. The Hall–Kier alpha value is -3.17. The molecule has 0 fully saturated rings. The van der Waals surface area contributed by atoms with Crippen molar-refractivity contribution >= 4 is 40.2 Å². The summed E-state index contributed by atoms with van der Waals surface area (Å²) in [5, 5.41) is 9.99. The van der Waals surface area contributed by atoms with E-state index in [0.717, 1.165) is 16.2 Å². The standard InChI is InChI=1S/C23H23N3O4S2/c1-25(23(28)21-7-5-11-32-21)14-22(27)26-17(13-16(24-26)20-6-4-10-31-20)15-8-9-18(29-2)19(12-15)30-3/h4-12,17H,13-14H2,1-3H3/t17-/m1/s1. The molecule has 0 saturated carbocycles. The maximum Gasteiger partial charge on any atom is 0.264 e. The van der Waals surface area contributed by atoms with Crippen molar-refractivity contribution in [2.75, 3.05) is 27.8 Å². The largest absolute Gasteiger partial charge is 0.493 e.